The van der Waals surface area contributed by atoms with Crippen LogP contribution in [0.2, 0.25) is 0 Å². The molecule has 0 atom stereocenters. The highest BCUT2D eigenvalue weighted by Crippen LogP contribution is 2.30. The molecule has 34 heavy (non-hydrogen) atoms. The van der Waals surface area contributed by atoms with Crippen LogP contribution >= 0.6 is 12.2 Å². The lowest BCUT2D eigenvalue weighted by Crippen LogP contribution is -2.30. The van der Waals surface area contributed by atoms with E-state index in [4.69, 9.17) is 21.7 Å². The summed E-state index contributed by atoms with van der Waals surface area (Å²) in [6, 6.07) is 19.2. The Kier molecular flexibility index (Phi) is 6.55. The van der Waals surface area contributed by atoms with E-state index in [2.05, 4.69) is 5.32 Å². The molecule has 0 spiro atoms. The summed E-state index contributed by atoms with van der Waals surface area (Å²) in [5.41, 5.74) is 3.12. The highest BCUT2D eigenvalue weighted by atomic mass is 32.1. The van der Waals surface area contributed by atoms with Crippen molar-refractivity contribution in [3.8, 4) is 11.5 Å². The zero-order valence-corrected chi connectivity index (χ0v) is 19.3. The normalized spacial score (nSPS) is 14.3. The molecule has 1 saturated heterocycles. The van der Waals surface area contributed by atoms with Crippen LogP contribution in [0.5, 0.6) is 11.5 Å². The van der Waals surface area contributed by atoms with Crippen molar-refractivity contribution < 1.29 is 19.2 Å². The molecule has 9 heteroatoms. The Balaban J connectivity index is 1.59. The lowest BCUT2D eigenvalue weighted by atomic mass is 10.1. The lowest BCUT2D eigenvalue weighted by molar-refractivity contribution is -0.386. The molecule has 1 N–H and O–H groups in total. The maximum atomic E-state index is 13.0. The number of amides is 1. The minimum atomic E-state index is -0.481. The van der Waals surface area contributed by atoms with Crippen LogP contribution in [0.4, 0.5) is 11.4 Å². The molecular formula is C25H21N3O5S. The molecule has 1 heterocycles. The number of ether oxygens (including phenoxy) is 2. The van der Waals surface area contributed by atoms with Crippen molar-refractivity contribution in [2.24, 2.45) is 0 Å². The molecule has 0 aliphatic carbocycles. The molecule has 0 unspecified atom stereocenters. The van der Waals surface area contributed by atoms with Gasteiger partial charge in [-0.2, -0.15) is 0 Å². The van der Waals surface area contributed by atoms with E-state index in [-0.39, 0.29) is 24.0 Å². The van der Waals surface area contributed by atoms with Gasteiger partial charge in [0.1, 0.15) is 18.1 Å². The topological polar surface area (TPSA) is 93.9 Å². The van der Waals surface area contributed by atoms with Crippen molar-refractivity contribution in [1.82, 2.24) is 5.32 Å². The second-order valence-electron chi connectivity index (χ2n) is 7.55. The summed E-state index contributed by atoms with van der Waals surface area (Å²) in [6.07, 6.45) is 1.69. The third-order valence-electron chi connectivity index (χ3n) is 5.20. The van der Waals surface area contributed by atoms with Crippen molar-refractivity contribution >= 4 is 40.7 Å². The summed E-state index contributed by atoms with van der Waals surface area (Å²) in [5, 5.41) is 14.6. The molecule has 0 aromatic heterocycles. The van der Waals surface area contributed by atoms with Gasteiger partial charge in [-0.25, -0.2) is 0 Å². The van der Waals surface area contributed by atoms with E-state index in [0.717, 1.165) is 5.56 Å². The number of carbonyl (C=O) groups is 1. The first kappa shape index (κ1) is 22.9. The van der Waals surface area contributed by atoms with Gasteiger partial charge in [0.25, 0.3) is 5.91 Å². The first-order valence-electron chi connectivity index (χ1n) is 10.3. The van der Waals surface area contributed by atoms with Crippen molar-refractivity contribution in [1.29, 1.82) is 0 Å². The van der Waals surface area contributed by atoms with Crippen LogP contribution in [-0.4, -0.2) is 23.1 Å². The van der Waals surface area contributed by atoms with Gasteiger partial charge in [0.2, 0.25) is 0 Å². The smallest absolute Gasteiger partial charge is 0.310 e. The molecule has 0 saturated carbocycles. The van der Waals surface area contributed by atoms with Gasteiger partial charge in [-0.15, -0.1) is 0 Å². The van der Waals surface area contributed by atoms with E-state index in [0.29, 0.717) is 33.4 Å². The van der Waals surface area contributed by atoms with Crippen LogP contribution in [0.1, 0.15) is 16.7 Å². The van der Waals surface area contributed by atoms with Gasteiger partial charge in [0, 0.05) is 11.6 Å². The fraction of sp³-hybridized carbons (Fsp3) is 0.120. The zero-order valence-electron chi connectivity index (χ0n) is 18.5. The number of methoxy groups -OCH3 is 1. The number of rotatable bonds is 7. The number of para-hydroxylation sites is 1. The molecule has 0 bridgehead atoms. The van der Waals surface area contributed by atoms with Crippen LogP contribution in [0.25, 0.3) is 6.08 Å². The first-order chi connectivity index (χ1) is 16.4. The molecule has 3 aromatic rings. The molecule has 8 nitrogen and oxygen atoms in total. The van der Waals surface area contributed by atoms with Gasteiger partial charge < -0.3 is 14.8 Å². The fourth-order valence-electron chi connectivity index (χ4n) is 3.56. The predicted molar refractivity (Wildman–Crippen MR) is 133 cm³/mol. The molecule has 1 amide bonds. The third-order valence-corrected chi connectivity index (χ3v) is 5.49. The molecule has 1 aliphatic heterocycles. The van der Waals surface area contributed by atoms with Crippen molar-refractivity contribution in [2.45, 2.75) is 13.5 Å². The molecule has 0 radical (unpaired) electrons. The highest BCUT2D eigenvalue weighted by Gasteiger charge is 2.31. The van der Waals surface area contributed by atoms with Crippen molar-refractivity contribution in [3.63, 3.8) is 0 Å². The number of anilines is 1. The Hall–Kier alpha value is -4.24. The summed E-state index contributed by atoms with van der Waals surface area (Å²) >= 11 is 5.36. The summed E-state index contributed by atoms with van der Waals surface area (Å²) in [4.78, 5) is 25.3. The number of carbonyl (C=O) groups excluding carboxylic acids is 1. The summed E-state index contributed by atoms with van der Waals surface area (Å²) in [6.45, 7) is 1.87. The average Bonchev–Trinajstić information content (AvgIpc) is 3.10. The number of hydrogen-bond acceptors (Lipinski definition) is 6. The van der Waals surface area contributed by atoms with Crippen LogP contribution in [0.3, 0.4) is 0 Å². The SMILES string of the molecule is COc1ccc(/C=C2/NC(=S)N(c3ccccc3)C2=O)cc1COc1cc(C)ccc1[N+](=O)[O-]. The molecule has 1 fully saturated rings. The number of nitro groups is 1. The Morgan fingerprint density at radius 2 is 1.85 bits per heavy atom. The number of nitrogens with one attached hydrogen (secondary N) is 1. The van der Waals surface area contributed by atoms with Crippen molar-refractivity contribution in [3.05, 3.63) is 99.2 Å². The average molecular weight is 476 g/mol. The van der Waals surface area contributed by atoms with Crippen molar-refractivity contribution in [2.75, 3.05) is 12.0 Å². The fourth-order valence-corrected chi connectivity index (χ4v) is 3.86. The molecule has 3 aromatic carbocycles. The van der Waals surface area contributed by atoms with Gasteiger partial charge in [-0.1, -0.05) is 30.3 Å². The maximum Gasteiger partial charge on any atom is 0.310 e. The number of benzene rings is 3. The minimum Gasteiger partial charge on any atom is -0.496 e. The van der Waals surface area contributed by atoms with E-state index < -0.39 is 4.92 Å². The maximum absolute atomic E-state index is 13.0. The van der Waals surface area contributed by atoms with Crippen LogP contribution in [-0.2, 0) is 11.4 Å². The Morgan fingerprint density at radius 3 is 2.56 bits per heavy atom. The minimum absolute atomic E-state index is 0.0421. The van der Waals surface area contributed by atoms with Gasteiger partial charge >= 0.3 is 5.69 Å². The van der Waals surface area contributed by atoms with E-state index >= 15 is 0 Å². The van der Waals surface area contributed by atoms with Gasteiger partial charge in [-0.05, 0) is 66.7 Å². The standard InChI is InChI=1S/C25H21N3O5S/c1-16-8-10-21(28(30)31)23(12-16)33-15-18-13-17(9-11-22(18)32-2)14-20-24(29)27(25(34)26-20)19-6-4-3-5-7-19/h3-14H,15H2,1-2H3,(H,26,34)/b20-14+. The predicted octanol–water partition coefficient (Wildman–Crippen LogP) is 4.75. The summed E-state index contributed by atoms with van der Waals surface area (Å²) in [7, 11) is 1.53. The van der Waals surface area contributed by atoms with Gasteiger partial charge in [0.05, 0.1) is 17.7 Å². The Morgan fingerprint density at radius 1 is 1.09 bits per heavy atom. The second-order valence-corrected chi connectivity index (χ2v) is 7.94. The van der Waals surface area contributed by atoms with Crippen LogP contribution < -0.4 is 19.7 Å². The molecular weight excluding hydrogens is 454 g/mol. The van der Waals surface area contributed by atoms with E-state index in [1.807, 2.05) is 37.3 Å². The molecule has 172 valence electrons. The van der Waals surface area contributed by atoms with E-state index in [1.54, 1.807) is 36.4 Å². The molecule has 1 aliphatic rings. The van der Waals surface area contributed by atoms with Gasteiger partial charge in [0.15, 0.2) is 10.9 Å². The summed E-state index contributed by atoms with van der Waals surface area (Å²) in [5.74, 6) is 0.470. The number of thiocarbonyl (C=S) groups is 1. The lowest BCUT2D eigenvalue weighted by Gasteiger charge is -2.13. The summed E-state index contributed by atoms with van der Waals surface area (Å²) < 4.78 is 11.2. The quantitative estimate of drug-likeness (QED) is 0.228. The first-order valence-corrected chi connectivity index (χ1v) is 10.7. The van der Waals surface area contributed by atoms with E-state index in [9.17, 15) is 14.9 Å². The molecule has 4 rings (SSSR count). The number of nitro benzene ring substituents is 1. The Labute approximate surface area is 201 Å². The zero-order chi connectivity index (χ0) is 24.2. The number of hydrogen-bond donors (Lipinski definition) is 1. The number of aryl methyl sites for hydroxylation is 1. The third kappa shape index (κ3) is 4.74. The van der Waals surface area contributed by atoms with Crippen LogP contribution in [0.15, 0.2) is 72.4 Å². The van der Waals surface area contributed by atoms with Crippen LogP contribution in [0, 0.1) is 17.0 Å². The second kappa shape index (κ2) is 9.72. The number of nitrogens with zero attached hydrogens (tertiary/aromatic N) is 2. The Bertz CT molecular complexity index is 1310. The highest BCUT2D eigenvalue weighted by molar-refractivity contribution is 7.80. The largest absolute Gasteiger partial charge is 0.496 e. The van der Waals surface area contributed by atoms with E-state index in [1.165, 1.54) is 18.1 Å². The monoisotopic (exact) mass is 475 g/mol. The van der Waals surface area contributed by atoms with Gasteiger partial charge in [-0.3, -0.25) is 19.8 Å².